The van der Waals surface area contributed by atoms with Crippen LogP contribution in [0.15, 0.2) is 65.6 Å². The number of carbonyl (C=O) groups excluding carboxylic acids is 1. The molecule has 0 unspecified atom stereocenters. The Bertz CT molecular complexity index is 1320. The van der Waals surface area contributed by atoms with Gasteiger partial charge in [0.1, 0.15) is 5.39 Å². The molecule has 0 spiro atoms. The number of aromatic amines is 1. The number of H-pyrrole nitrogens is 1. The van der Waals surface area contributed by atoms with E-state index in [1.54, 1.807) is 35.9 Å². The monoisotopic (exact) mass is 449 g/mol. The number of hydrazine groups is 1. The van der Waals surface area contributed by atoms with Gasteiger partial charge in [-0.1, -0.05) is 18.2 Å². The lowest BCUT2D eigenvalue weighted by atomic mass is 10.2. The predicted octanol–water partition coefficient (Wildman–Crippen LogP) is 2.60. The summed E-state index contributed by atoms with van der Waals surface area (Å²) in [6.07, 6.45) is 1.47. The molecule has 4 rings (SSSR count). The lowest BCUT2D eigenvalue weighted by Gasteiger charge is -2.12. The smallest absolute Gasteiger partial charge is 0.338 e. The standard InChI is InChI=1S/C21H19N7O3S/c1-2-31-19(30)13-8-10-14(11-9-13)23-21(32)27-26-20-24-17-16(18(29)25-20)12-22-28(17)15-6-4-3-5-7-15/h3-12H,2H2,1H3,(H2,23,27,32)(H2,24,25,26,29). The molecule has 32 heavy (non-hydrogen) atoms. The first-order valence-electron chi connectivity index (χ1n) is 9.69. The number of hydrogen-bond acceptors (Lipinski definition) is 7. The highest BCUT2D eigenvalue weighted by Gasteiger charge is 2.12. The van der Waals surface area contributed by atoms with E-state index in [2.05, 4.69) is 31.2 Å². The molecule has 0 fully saturated rings. The Morgan fingerprint density at radius 1 is 1.16 bits per heavy atom. The third-order valence-electron chi connectivity index (χ3n) is 4.39. The lowest BCUT2D eigenvalue weighted by molar-refractivity contribution is 0.0526. The van der Waals surface area contributed by atoms with Gasteiger partial charge in [0, 0.05) is 5.69 Å². The number of aromatic nitrogens is 4. The molecule has 0 bridgehead atoms. The van der Waals surface area contributed by atoms with Crippen molar-refractivity contribution >= 4 is 46.0 Å². The fourth-order valence-electron chi connectivity index (χ4n) is 2.92. The molecule has 2 heterocycles. The Balaban J connectivity index is 1.44. The van der Waals surface area contributed by atoms with Crippen LogP contribution in [0.4, 0.5) is 11.6 Å². The summed E-state index contributed by atoms with van der Waals surface area (Å²) in [6.45, 7) is 2.06. The number of rotatable bonds is 6. The number of ether oxygens (including phenoxy) is 1. The maximum atomic E-state index is 12.4. The summed E-state index contributed by atoms with van der Waals surface area (Å²) in [5, 5.41) is 7.82. The first kappa shape index (κ1) is 21.0. The van der Waals surface area contributed by atoms with E-state index in [1.165, 1.54) is 6.20 Å². The Morgan fingerprint density at radius 2 is 1.91 bits per heavy atom. The van der Waals surface area contributed by atoms with Crippen molar-refractivity contribution in [1.82, 2.24) is 25.2 Å². The van der Waals surface area contributed by atoms with Crippen molar-refractivity contribution in [3.8, 4) is 5.69 Å². The van der Waals surface area contributed by atoms with Gasteiger partial charge in [0.05, 0.1) is 24.1 Å². The highest BCUT2D eigenvalue weighted by molar-refractivity contribution is 7.80. The van der Waals surface area contributed by atoms with Gasteiger partial charge in [-0.25, -0.2) is 9.48 Å². The maximum absolute atomic E-state index is 12.4. The van der Waals surface area contributed by atoms with E-state index in [9.17, 15) is 9.59 Å². The number of fused-ring (bicyclic) bond motifs is 1. The van der Waals surface area contributed by atoms with E-state index in [4.69, 9.17) is 17.0 Å². The summed E-state index contributed by atoms with van der Waals surface area (Å²) in [7, 11) is 0. The highest BCUT2D eigenvalue weighted by atomic mass is 32.1. The Morgan fingerprint density at radius 3 is 2.62 bits per heavy atom. The average Bonchev–Trinajstić information content (AvgIpc) is 3.23. The van der Waals surface area contributed by atoms with Crippen molar-refractivity contribution in [2.24, 2.45) is 0 Å². The summed E-state index contributed by atoms with van der Waals surface area (Å²) in [6, 6.07) is 16.0. The topological polar surface area (TPSA) is 126 Å². The number of nitrogens with one attached hydrogen (secondary N) is 4. The van der Waals surface area contributed by atoms with Gasteiger partial charge in [0.25, 0.3) is 5.56 Å². The van der Waals surface area contributed by atoms with E-state index >= 15 is 0 Å². The molecule has 162 valence electrons. The van der Waals surface area contributed by atoms with Crippen molar-refractivity contribution < 1.29 is 9.53 Å². The molecule has 0 radical (unpaired) electrons. The zero-order valence-corrected chi connectivity index (χ0v) is 17.8. The molecular weight excluding hydrogens is 430 g/mol. The van der Waals surface area contributed by atoms with Crippen molar-refractivity contribution in [3.63, 3.8) is 0 Å². The van der Waals surface area contributed by atoms with Gasteiger partial charge in [-0.2, -0.15) is 10.1 Å². The van der Waals surface area contributed by atoms with Crippen LogP contribution in [0.25, 0.3) is 16.7 Å². The van der Waals surface area contributed by atoms with Crippen molar-refractivity contribution in [2.75, 3.05) is 17.3 Å². The zero-order chi connectivity index (χ0) is 22.5. The lowest BCUT2D eigenvalue weighted by Crippen LogP contribution is -2.34. The van der Waals surface area contributed by atoms with Crippen LogP contribution in [0.3, 0.4) is 0 Å². The molecule has 4 N–H and O–H groups in total. The number of esters is 1. The van der Waals surface area contributed by atoms with Gasteiger partial charge in [0.15, 0.2) is 10.8 Å². The molecule has 2 aromatic carbocycles. The molecule has 0 saturated heterocycles. The van der Waals surface area contributed by atoms with Gasteiger partial charge in [0.2, 0.25) is 5.95 Å². The molecule has 2 aromatic heterocycles. The third-order valence-corrected chi connectivity index (χ3v) is 4.59. The summed E-state index contributed by atoms with van der Waals surface area (Å²) in [5.74, 6) is -0.219. The second kappa shape index (κ2) is 9.27. The molecule has 0 aliphatic carbocycles. The fraction of sp³-hybridized carbons (Fsp3) is 0.0952. The van der Waals surface area contributed by atoms with E-state index < -0.39 is 0 Å². The number of nitrogens with zero attached hydrogens (tertiary/aromatic N) is 3. The van der Waals surface area contributed by atoms with Gasteiger partial charge in [-0.05, 0) is 55.5 Å². The van der Waals surface area contributed by atoms with Gasteiger partial charge < -0.3 is 10.1 Å². The summed E-state index contributed by atoms with van der Waals surface area (Å²) in [4.78, 5) is 31.2. The number of carbonyl (C=O) groups is 1. The molecule has 0 saturated carbocycles. The summed E-state index contributed by atoms with van der Waals surface area (Å²) < 4.78 is 6.54. The summed E-state index contributed by atoms with van der Waals surface area (Å²) in [5.41, 5.74) is 7.49. The maximum Gasteiger partial charge on any atom is 0.338 e. The number of benzene rings is 2. The van der Waals surface area contributed by atoms with E-state index in [0.717, 1.165) is 5.69 Å². The van der Waals surface area contributed by atoms with Gasteiger partial charge in [-0.15, -0.1) is 0 Å². The minimum absolute atomic E-state index is 0.169. The highest BCUT2D eigenvalue weighted by Crippen LogP contribution is 2.14. The van der Waals surface area contributed by atoms with E-state index in [-0.39, 0.29) is 22.6 Å². The Kier molecular flexibility index (Phi) is 6.08. The van der Waals surface area contributed by atoms with Crippen LogP contribution in [0, 0.1) is 0 Å². The largest absolute Gasteiger partial charge is 0.462 e. The molecule has 11 heteroatoms. The second-order valence-electron chi connectivity index (χ2n) is 6.55. The minimum atomic E-state index is -0.387. The van der Waals surface area contributed by atoms with E-state index in [1.807, 2.05) is 30.3 Å². The second-order valence-corrected chi connectivity index (χ2v) is 6.95. The van der Waals surface area contributed by atoms with Gasteiger partial charge in [-0.3, -0.25) is 20.6 Å². The molecule has 10 nitrogen and oxygen atoms in total. The summed E-state index contributed by atoms with van der Waals surface area (Å²) >= 11 is 5.26. The average molecular weight is 449 g/mol. The molecule has 0 amide bonds. The van der Waals surface area contributed by atoms with Crippen LogP contribution in [-0.4, -0.2) is 37.4 Å². The number of hydrogen-bond donors (Lipinski definition) is 4. The first-order chi connectivity index (χ1) is 15.5. The van der Waals surface area contributed by atoms with Crippen LogP contribution >= 0.6 is 12.2 Å². The number of para-hydroxylation sites is 1. The van der Waals surface area contributed by atoms with Crippen LogP contribution in [0.5, 0.6) is 0 Å². The molecule has 0 aliphatic heterocycles. The molecule has 4 aromatic rings. The fourth-order valence-corrected chi connectivity index (χ4v) is 3.09. The zero-order valence-electron chi connectivity index (χ0n) is 17.0. The molecule has 0 atom stereocenters. The van der Waals surface area contributed by atoms with Crippen LogP contribution in [-0.2, 0) is 4.74 Å². The quantitative estimate of drug-likeness (QED) is 0.200. The predicted molar refractivity (Wildman–Crippen MR) is 125 cm³/mol. The van der Waals surface area contributed by atoms with Crippen LogP contribution in [0.1, 0.15) is 17.3 Å². The van der Waals surface area contributed by atoms with Gasteiger partial charge >= 0.3 is 5.97 Å². The number of anilines is 2. The third kappa shape index (κ3) is 4.57. The van der Waals surface area contributed by atoms with Crippen molar-refractivity contribution in [2.45, 2.75) is 6.92 Å². The Labute approximate surface area is 187 Å². The normalized spacial score (nSPS) is 10.5. The van der Waals surface area contributed by atoms with Crippen LogP contribution in [0.2, 0.25) is 0 Å². The minimum Gasteiger partial charge on any atom is -0.462 e. The van der Waals surface area contributed by atoms with Crippen molar-refractivity contribution in [1.29, 1.82) is 0 Å². The molecular formula is C21H19N7O3S. The molecule has 0 aliphatic rings. The number of thiocarbonyl (C=S) groups is 1. The Hall–Kier alpha value is -4.25. The van der Waals surface area contributed by atoms with Crippen LogP contribution < -0.4 is 21.7 Å². The SMILES string of the molecule is CCOC(=O)c1ccc(NC(=S)NNc2nc3c(cnn3-c3ccccc3)c(=O)[nH]2)cc1. The van der Waals surface area contributed by atoms with E-state index in [0.29, 0.717) is 28.9 Å². The first-order valence-corrected chi connectivity index (χ1v) is 10.1. The van der Waals surface area contributed by atoms with Crippen molar-refractivity contribution in [3.05, 3.63) is 76.7 Å².